The lowest BCUT2D eigenvalue weighted by Crippen LogP contribution is -2.36. The van der Waals surface area contributed by atoms with Gasteiger partial charge in [-0.3, -0.25) is 14.4 Å². The van der Waals surface area contributed by atoms with E-state index in [1.807, 2.05) is 30.3 Å². The minimum Gasteiger partial charge on any atom is -0.366 e. The Labute approximate surface area is 152 Å². The molecule has 0 saturated heterocycles. The number of hydrogen-bond donors (Lipinski definition) is 2. The van der Waals surface area contributed by atoms with E-state index in [0.29, 0.717) is 10.8 Å². The Morgan fingerprint density at radius 3 is 2.68 bits per heavy atom. The van der Waals surface area contributed by atoms with Gasteiger partial charge in [-0.15, -0.1) is 23.1 Å². The average molecular weight is 373 g/mol. The fourth-order valence-corrected chi connectivity index (χ4v) is 4.00. The highest BCUT2D eigenvalue weighted by Crippen LogP contribution is 2.35. The number of primary amides is 1. The van der Waals surface area contributed by atoms with Crippen LogP contribution in [0.5, 0.6) is 0 Å². The maximum absolute atomic E-state index is 12.3. The maximum atomic E-state index is 12.3. The third-order valence-corrected chi connectivity index (χ3v) is 5.31. The zero-order valence-electron chi connectivity index (χ0n) is 13.1. The van der Waals surface area contributed by atoms with Crippen LogP contribution < -0.4 is 11.1 Å². The Balaban J connectivity index is 1.79. The molecule has 1 aliphatic heterocycles. The number of nitrogens with two attached hydrogens (primary N) is 1. The minimum atomic E-state index is -0.612. The number of hydrogen-bond acceptors (Lipinski definition) is 5. The molecule has 3 amide bonds. The van der Waals surface area contributed by atoms with Crippen molar-refractivity contribution in [2.75, 3.05) is 17.6 Å². The van der Waals surface area contributed by atoms with Crippen molar-refractivity contribution in [1.82, 2.24) is 4.90 Å². The van der Waals surface area contributed by atoms with E-state index in [2.05, 4.69) is 5.32 Å². The Morgan fingerprint density at radius 1 is 1.24 bits per heavy atom. The van der Waals surface area contributed by atoms with Crippen LogP contribution in [0.15, 0.2) is 48.0 Å². The molecular weight excluding hydrogens is 358 g/mol. The summed E-state index contributed by atoms with van der Waals surface area (Å²) >= 11 is 2.66. The first-order valence-electron chi connectivity index (χ1n) is 7.41. The van der Waals surface area contributed by atoms with Gasteiger partial charge in [0.05, 0.1) is 11.3 Å². The smallest absolute Gasteiger partial charge is 0.251 e. The second kappa shape index (κ2) is 7.54. The number of nitrogens with one attached hydrogen (secondary N) is 1. The van der Waals surface area contributed by atoms with Crippen molar-refractivity contribution in [2.45, 2.75) is 0 Å². The molecule has 0 radical (unpaired) electrons. The number of thiophene rings is 1. The molecule has 1 aliphatic rings. The van der Waals surface area contributed by atoms with Crippen LogP contribution in [0.2, 0.25) is 0 Å². The molecule has 0 bridgehead atoms. The van der Waals surface area contributed by atoms with E-state index in [0.717, 1.165) is 10.4 Å². The van der Waals surface area contributed by atoms with Gasteiger partial charge >= 0.3 is 0 Å². The first-order chi connectivity index (χ1) is 12.0. The standard InChI is InChI=1S/C17H15N3O3S2/c18-16(23)12-8-13(11-4-2-1-3-5-11)25-17(12)19-14(21)9-20-6-7-24-10-15(20)22/h1-8H,9-10H2,(H2,18,23)(H,19,21). The summed E-state index contributed by atoms with van der Waals surface area (Å²) in [6.07, 6.45) is 1.58. The molecule has 0 spiro atoms. The topological polar surface area (TPSA) is 92.5 Å². The van der Waals surface area contributed by atoms with Crippen LogP contribution in [-0.4, -0.2) is 34.9 Å². The van der Waals surface area contributed by atoms with Gasteiger partial charge in [-0.2, -0.15) is 0 Å². The third kappa shape index (κ3) is 4.09. The van der Waals surface area contributed by atoms with Gasteiger partial charge < -0.3 is 16.0 Å². The van der Waals surface area contributed by atoms with Crippen molar-refractivity contribution in [2.24, 2.45) is 5.73 Å². The number of thioether (sulfide) groups is 1. The average Bonchev–Trinajstić information content (AvgIpc) is 3.02. The predicted molar refractivity (Wildman–Crippen MR) is 100 cm³/mol. The van der Waals surface area contributed by atoms with Crippen LogP contribution in [0.4, 0.5) is 5.00 Å². The third-order valence-electron chi connectivity index (χ3n) is 3.49. The van der Waals surface area contributed by atoms with Crippen molar-refractivity contribution in [3.63, 3.8) is 0 Å². The van der Waals surface area contributed by atoms with E-state index in [-0.39, 0.29) is 23.9 Å². The number of carbonyl (C=O) groups is 3. The summed E-state index contributed by atoms with van der Waals surface area (Å²) in [5, 5.41) is 4.85. The van der Waals surface area contributed by atoms with Gasteiger partial charge in [0.2, 0.25) is 11.8 Å². The molecule has 25 heavy (non-hydrogen) atoms. The Kier molecular flexibility index (Phi) is 5.20. The first kappa shape index (κ1) is 17.2. The second-order valence-corrected chi connectivity index (χ2v) is 7.20. The van der Waals surface area contributed by atoms with Crippen LogP contribution in [0, 0.1) is 0 Å². The van der Waals surface area contributed by atoms with Crippen LogP contribution in [0.3, 0.4) is 0 Å². The highest BCUT2D eigenvalue weighted by atomic mass is 32.2. The SMILES string of the molecule is NC(=O)c1cc(-c2ccccc2)sc1NC(=O)CN1C=CSCC1=O. The van der Waals surface area contributed by atoms with Crippen LogP contribution in [-0.2, 0) is 9.59 Å². The molecule has 6 nitrogen and oxygen atoms in total. The van der Waals surface area contributed by atoms with E-state index >= 15 is 0 Å². The van der Waals surface area contributed by atoms with Gasteiger partial charge in [-0.25, -0.2) is 0 Å². The van der Waals surface area contributed by atoms with Gasteiger partial charge in [0.25, 0.3) is 5.91 Å². The summed E-state index contributed by atoms with van der Waals surface area (Å²) in [6, 6.07) is 11.2. The Hall–Kier alpha value is -2.58. The maximum Gasteiger partial charge on any atom is 0.251 e. The van der Waals surface area contributed by atoms with Crippen molar-refractivity contribution >= 4 is 45.8 Å². The summed E-state index contributed by atoms with van der Waals surface area (Å²) < 4.78 is 0. The highest BCUT2D eigenvalue weighted by Gasteiger charge is 2.20. The van der Waals surface area contributed by atoms with Gasteiger partial charge in [0.1, 0.15) is 11.5 Å². The van der Waals surface area contributed by atoms with Gasteiger partial charge in [-0.05, 0) is 17.0 Å². The Bertz CT molecular complexity index is 846. The molecule has 2 heterocycles. The van der Waals surface area contributed by atoms with E-state index in [4.69, 9.17) is 5.73 Å². The largest absolute Gasteiger partial charge is 0.366 e. The normalized spacial score (nSPS) is 13.8. The molecule has 3 rings (SSSR count). The molecule has 0 saturated carbocycles. The molecule has 0 fully saturated rings. The number of benzene rings is 1. The molecule has 128 valence electrons. The molecule has 0 atom stereocenters. The monoisotopic (exact) mass is 373 g/mol. The zero-order valence-corrected chi connectivity index (χ0v) is 14.7. The van der Waals surface area contributed by atoms with Gasteiger partial charge in [0.15, 0.2) is 0 Å². The Morgan fingerprint density at radius 2 is 2.00 bits per heavy atom. The molecule has 0 unspecified atom stereocenters. The summed E-state index contributed by atoms with van der Waals surface area (Å²) in [7, 11) is 0. The molecule has 3 N–H and O–H groups in total. The van der Waals surface area contributed by atoms with Crippen molar-refractivity contribution in [3.8, 4) is 10.4 Å². The number of amides is 3. The number of nitrogens with zero attached hydrogens (tertiary/aromatic N) is 1. The zero-order chi connectivity index (χ0) is 17.8. The molecule has 1 aromatic carbocycles. The summed E-state index contributed by atoms with van der Waals surface area (Å²) in [5.74, 6) is -0.810. The van der Waals surface area contributed by atoms with Crippen molar-refractivity contribution in [1.29, 1.82) is 0 Å². The molecular formula is C17H15N3O3S2. The summed E-state index contributed by atoms with van der Waals surface area (Å²) in [5.41, 5.74) is 6.62. The van der Waals surface area contributed by atoms with Crippen LogP contribution in [0.25, 0.3) is 10.4 Å². The summed E-state index contributed by atoms with van der Waals surface area (Å²) in [6.45, 7) is -0.104. The quantitative estimate of drug-likeness (QED) is 0.842. The summed E-state index contributed by atoms with van der Waals surface area (Å²) in [4.78, 5) is 37.9. The van der Waals surface area contributed by atoms with Gasteiger partial charge in [-0.1, -0.05) is 30.3 Å². The first-order valence-corrected chi connectivity index (χ1v) is 9.28. The van der Waals surface area contributed by atoms with Crippen molar-refractivity contribution < 1.29 is 14.4 Å². The van der Waals surface area contributed by atoms with E-state index in [1.165, 1.54) is 28.0 Å². The minimum absolute atomic E-state index is 0.104. The lowest BCUT2D eigenvalue weighted by atomic mass is 10.1. The second-order valence-electron chi connectivity index (χ2n) is 5.25. The molecule has 0 aliphatic carbocycles. The molecule has 2 aromatic rings. The van der Waals surface area contributed by atoms with Gasteiger partial charge in [0, 0.05) is 11.1 Å². The van der Waals surface area contributed by atoms with Crippen LogP contribution in [0.1, 0.15) is 10.4 Å². The number of rotatable bonds is 5. The lowest BCUT2D eigenvalue weighted by Gasteiger charge is -2.20. The molecule has 8 heteroatoms. The number of anilines is 1. The molecule has 1 aromatic heterocycles. The van der Waals surface area contributed by atoms with E-state index in [9.17, 15) is 14.4 Å². The fraction of sp³-hybridized carbons (Fsp3) is 0.118. The van der Waals surface area contributed by atoms with Crippen LogP contribution >= 0.6 is 23.1 Å². The fourth-order valence-electron chi connectivity index (χ4n) is 2.28. The predicted octanol–water partition coefficient (Wildman–Crippen LogP) is 2.50. The lowest BCUT2D eigenvalue weighted by molar-refractivity contribution is -0.129. The van der Waals surface area contributed by atoms with E-state index < -0.39 is 5.91 Å². The number of carbonyl (C=O) groups excluding carboxylic acids is 3. The van der Waals surface area contributed by atoms with Crippen molar-refractivity contribution in [3.05, 3.63) is 53.6 Å². The highest BCUT2D eigenvalue weighted by molar-refractivity contribution is 8.02. The van der Waals surface area contributed by atoms with E-state index in [1.54, 1.807) is 17.7 Å².